The lowest BCUT2D eigenvalue weighted by atomic mass is 10.1. The summed E-state index contributed by atoms with van der Waals surface area (Å²) in [5.41, 5.74) is 0.983. The number of hydrogen-bond acceptors (Lipinski definition) is 3. The van der Waals surface area contributed by atoms with Gasteiger partial charge in [0.1, 0.15) is 6.04 Å². The number of carboxylic acids is 1. The summed E-state index contributed by atoms with van der Waals surface area (Å²) in [5, 5.41) is 12.5. The Balaban J connectivity index is 2.38. The highest BCUT2D eigenvalue weighted by Crippen LogP contribution is 2.23. The molecule has 0 heterocycles. The summed E-state index contributed by atoms with van der Waals surface area (Å²) < 4.78 is 4.83. The summed E-state index contributed by atoms with van der Waals surface area (Å²) in [4.78, 5) is 22.8. The van der Waals surface area contributed by atoms with Crippen LogP contribution in [0.1, 0.15) is 24.8 Å². The first kappa shape index (κ1) is 18.7. The molecule has 0 saturated heterocycles. The lowest BCUT2D eigenvalue weighted by Crippen LogP contribution is -2.41. The Labute approximate surface area is 139 Å². The van der Waals surface area contributed by atoms with Gasteiger partial charge in [-0.2, -0.15) is 0 Å². The van der Waals surface area contributed by atoms with Crippen molar-refractivity contribution in [3.8, 4) is 0 Å². The van der Waals surface area contributed by atoms with E-state index in [0.717, 1.165) is 5.56 Å². The van der Waals surface area contributed by atoms with E-state index >= 15 is 0 Å². The van der Waals surface area contributed by atoms with Crippen molar-refractivity contribution >= 4 is 35.1 Å². The zero-order chi connectivity index (χ0) is 16.5. The Morgan fingerprint density at radius 3 is 2.64 bits per heavy atom. The van der Waals surface area contributed by atoms with Crippen LogP contribution >= 0.6 is 23.2 Å². The number of aliphatic carboxylic acids is 1. The molecule has 0 radical (unpaired) electrons. The predicted molar refractivity (Wildman–Crippen MR) is 85.5 cm³/mol. The van der Waals surface area contributed by atoms with Crippen LogP contribution < -0.4 is 5.32 Å². The minimum Gasteiger partial charge on any atom is -0.480 e. The molecule has 1 atom stereocenters. The van der Waals surface area contributed by atoms with Gasteiger partial charge in [0.15, 0.2) is 0 Å². The summed E-state index contributed by atoms with van der Waals surface area (Å²) in [6, 6.07) is 4.41. The number of nitrogens with one attached hydrogen (secondary N) is 1. The number of carboxylic acid groups (broad SMARTS) is 1. The molecular weight excluding hydrogens is 329 g/mol. The van der Waals surface area contributed by atoms with Gasteiger partial charge in [0.05, 0.1) is 10.0 Å². The minimum atomic E-state index is -1.06. The number of carbonyl (C=O) groups is 2. The highest BCUT2D eigenvalue weighted by molar-refractivity contribution is 6.42. The average Bonchev–Trinajstić information content (AvgIpc) is 2.47. The van der Waals surface area contributed by atoms with E-state index in [4.69, 9.17) is 33.0 Å². The number of benzene rings is 1. The standard InChI is InChI=1S/C15H19Cl2NO4/c1-22-8-7-13(15(20)21)18-14(19)4-2-3-10-5-6-11(16)12(17)9-10/h5-6,9,13H,2-4,7-8H2,1H3,(H,18,19)(H,20,21). The zero-order valence-corrected chi connectivity index (χ0v) is 13.8. The molecule has 1 rings (SSSR count). The van der Waals surface area contributed by atoms with Gasteiger partial charge in [0, 0.05) is 26.6 Å². The quantitative estimate of drug-likeness (QED) is 0.720. The van der Waals surface area contributed by atoms with Crippen molar-refractivity contribution < 1.29 is 19.4 Å². The second-order valence-corrected chi connectivity index (χ2v) is 5.66. The second kappa shape index (κ2) is 9.66. The zero-order valence-electron chi connectivity index (χ0n) is 12.3. The van der Waals surface area contributed by atoms with E-state index < -0.39 is 12.0 Å². The summed E-state index contributed by atoms with van der Waals surface area (Å²) in [5.74, 6) is -1.35. The van der Waals surface area contributed by atoms with E-state index in [1.165, 1.54) is 7.11 Å². The highest BCUT2D eigenvalue weighted by atomic mass is 35.5. The first-order valence-electron chi connectivity index (χ1n) is 6.89. The fourth-order valence-corrected chi connectivity index (χ4v) is 2.23. The maximum absolute atomic E-state index is 11.8. The van der Waals surface area contributed by atoms with Gasteiger partial charge in [-0.3, -0.25) is 4.79 Å². The molecule has 0 aromatic heterocycles. The number of ether oxygens (including phenoxy) is 1. The molecule has 7 heteroatoms. The van der Waals surface area contributed by atoms with Gasteiger partial charge in [0.2, 0.25) is 5.91 Å². The fourth-order valence-electron chi connectivity index (χ4n) is 1.91. The third-order valence-corrected chi connectivity index (χ3v) is 3.84. The van der Waals surface area contributed by atoms with Crippen LogP contribution in [0.15, 0.2) is 18.2 Å². The van der Waals surface area contributed by atoms with Crippen LogP contribution in [0.2, 0.25) is 10.0 Å². The van der Waals surface area contributed by atoms with E-state index in [1.54, 1.807) is 12.1 Å². The summed E-state index contributed by atoms with van der Waals surface area (Å²) in [7, 11) is 1.48. The number of hydrogen-bond donors (Lipinski definition) is 2. The van der Waals surface area contributed by atoms with Gasteiger partial charge in [0.25, 0.3) is 0 Å². The second-order valence-electron chi connectivity index (χ2n) is 4.84. The molecule has 0 fully saturated rings. The van der Waals surface area contributed by atoms with Crippen LogP contribution in [0.25, 0.3) is 0 Å². The molecule has 0 spiro atoms. The van der Waals surface area contributed by atoms with Gasteiger partial charge in [-0.1, -0.05) is 29.3 Å². The maximum Gasteiger partial charge on any atom is 0.326 e. The van der Waals surface area contributed by atoms with Crippen molar-refractivity contribution in [2.75, 3.05) is 13.7 Å². The van der Waals surface area contributed by atoms with Gasteiger partial charge in [-0.15, -0.1) is 0 Å². The lowest BCUT2D eigenvalue weighted by Gasteiger charge is -2.14. The molecule has 0 aliphatic heterocycles. The SMILES string of the molecule is COCCC(NC(=O)CCCc1ccc(Cl)c(Cl)c1)C(=O)O. The van der Waals surface area contributed by atoms with Crippen molar-refractivity contribution in [1.29, 1.82) is 0 Å². The third kappa shape index (κ3) is 6.64. The third-order valence-electron chi connectivity index (χ3n) is 3.10. The first-order chi connectivity index (χ1) is 10.4. The molecule has 0 aliphatic carbocycles. The molecule has 0 saturated carbocycles. The Bertz CT molecular complexity index is 522. The van der Waals surface area contributed by atoms with Gasteiger partial charge >= 0.3 is 5.97 Å². The molecule has 1 unspecified atom stereocenters. The van der Waals surface area contributed by atoms with Crippen molar-refractivity contribution in [2.24, 2.45) is 0 Å². The average molecular weight is 348 g/mol. The maximum atomic E-state index is 11.8. The summed E-state index contributed by atoms with van der Waals surface area (Å²) >= 11 is 11.8. The molecule has 22 heavy (non-hydrogen) atoms. The summed E-state index contributed by atoms with van der Waals surface area (Å²) in [6.07, 6.45) is 1.75. The van der Waals surface area contributed by atoms with Gasteiger partial charge < -0.3 is 15.2 Å². The first-order valence-corrected chi connectivity index (χ1v) is 7.64. The van der Waals surface area contributed by atoms with E-state index in [9.17, 15) is 9.59 Å². The molecule has 1 amide bonds. The molecule has 0 aliphatic rings. The molecule has 2 N–H and O–H groups in total. The largest absolute Gasteiger partial charge is 0.480 e. The van der Waals surface area contributed by atoms with Crippen molar-refractivity contribution in [2.45, 2.75) is 31.7 Å². The normalized spacial score (nSPS) is 12.0. The number of amides is 1. The van der Waals surface area contributed by atoms with Crippen LogP contribution in [0.5, 0.6) is 0 Å². The number of methoxy groups -OCH3 is 1. The Morgan fingerprint density at radius 2 is 2.05 bits per heavy atom. The van der Waals surface area contributed by atoms with E-state index in [0.29, 0.717) is 22.9 Å². The van der Waals surface area contributed by atoms with E-state index in [1.807, 2.05) is 6.07 Å². The van der Waals surface area contributed by atoms with Crippen LogP contribution in [0.4, 0.5) is 0 Å². The highest BCUT2D eigenvalue weighted by Gasteiger charge is 2.19. The molecule has 5 nitrogen and oxygen atoms in total. The Morgan fingerprint density at radius 1 is 1.32 bits per heavy atom. The lowest BCUT2D eigenvalue weighted by molar-refractivity contribution is -0.142. The Kier molecular flexibility index (Phi) is 8.24. The molecular formula is C15H19Cl2NO4. The van der Waals surface area contributed by atoms with Crippen LogP contribution in [0.3, 0.4) is 0 Å². The topological polar surface area (TPSA) is 75.6 Å². The number of halogens is 2. The van der Waals surface area contributed by atoms with Gasteiger partial charge in [-0.05, 0) is 30.5 Å². The Hall–Kier alpha value is -1.30. The van der Waals surface area contributed by atoms with Crippen LogP contribution in [-0.4, -0.2) is 36.7 Å². The van der Waals surface area contributed by atoms with Crippen molar-refractivity contribution in [3.63, 3.8) is 0 Å². The van der Waals surface area contributed by atoms with Crippen LogP contribution in [0, 0.1) is 0 Å². The molecule has 1 aromatic rings. The summed E-state index contributed by atoms with van der Waals surface area (Å²) in [6.45, 7) is 0.278. The van der Waals surface area contributed by atoms with Crippen LogP contribution in [-0.2, 0) is 20.7 Å². The number of rotatable bonds is 9. The molecule has 1 aromatic carbocycles. The molecule has 0 bridgehead atoms. The van der Waals surface area contributed by atoms with E-state index in [2.05, 4.69) is 5.32 Å². The fraction of sp³-hybridized carbons (Fsp3) is 0.467. The monoisotopic (exact) mass is 347 g/mol. The number of carbonyl (C=O) groups excluding carboxylic acids is 1. The van der Waals surface area contributed by atoms with E-state index in [-0.39, 0.29) is 25.4 Å². The molecule has 122 valence electrons. The minimum absolute atomic E-state index is 0.240. The van der Waals surface area contributed by atoms with Gasteiger partial charge in [-0.25, -0.2) is 4.79 Å². The van der Waals surface area contributed by atoms with Crippen molar-refractivity contribution in [3.05, 3.63) is 33.8 Å². The van der Waals surface area contributed by atoms with Crippen molar-refractivity contribution in [1.82, 2.24) is 5.32 Å². The predicted octanol–water partition coefficient (Wildman–Crippen LogP) is 2.92. The smallest absolute Gasteiger partial charge is 0.326 e. The number of aryl methyl sites for hydroxylation is 1.